The van der Waals surface area contributed by atoms with Gasteiger partial charge in [-0.15, -0.1) is 0 Å². The summed E-state index contributed by atoms with van der Waals surface area (Å²) < 4.78 is 24.4. The van der Waals surface area contributed by atoms with Gasteiger partial charge in [0.2, 0.25) is 0 Å². The maximum absolute atomic E-state index is 12.7. The first kappa shape index (κ1) is 13.6. The van der Waals surface area contributed by atoms with E-state index in [4.69, 9.17) is 0 Å². The van der Waals surface area contributed by atoms with Crippen molar-refractivity contribution in [3.05, 3.63) is 29.8 Å². The third-order valence-corrected chi connectivity index (χ3v) is 6.52. The van der Waals surface area contributed by atoms with E-state index in [2.05, 4.69) is 0 Å². The van der Waals surface area contributed by atoms with Gasteiger partial charge in [-0.25, -0.2) is 8.42 Å². The fourth-order valence-electron chi connectivity index (χ4n) is 2.68. The molecule has 0 unspecified atom stereocenters. The van der Waals surface area contributed by atoms with Gasteiger partial charge >= 0.3 is 0 Å². The summed E-state index contributed by atoms with van der Waals surface area (Å²) in [5, 5.41) is 9.61. The third kappa shape index (κ3) is 2.19. The average molecular weight is 268 g/mol. The van der Waals surface area contributed by atoms with E-state index in [1.165, 1.54) is 0 Å². The Balaban J connectivity index is 2.42. The molecule has 0 radical (unpaired) electrons. The highest BCUT2D eigenvalue weighted by atomic mass is 32.2. The van der Waals surface area contributed by atoms with Crippen LogP contribution in [-0.4, -0.2) is 24.9 Å². The molecule has 1 saturated carbocycles. The quantitative estimate of drug-likeness (QED) is 0.916. The Morgan fingerprint density at radius 2 is 1.67 bits per heavy atom. The molecule has 0 amide bonds. The number of aliphatic hydroxyl groups is 1. The van der Waals surface area contributed by atoms with Crippen LogP contribution in [0.25, 0.3) is 0 Å². The topological polar surface area (TPSA) is 54.4 Å². The molecule has 18 heavy (non-hydrogen) atoms. The minimum atomic E-state index is -3.44. The van der Waals surface area contributed by atoms with Gasteiger partial charge in [0, 0.05) is 0 Å². The molecular formula is C14H20O3S. The van der Waals surface area contributed by atoms with Crippen LogP contribution in [0, 0.1) is 6.92 Å². The van der Waals surface area contributed by atoms with Gasteiger partial charge in [0.15, 0.2) is 9.84 Å². The number of aryl methyl sites for hydroxylation is 1. The number of aliphatic hydroxyl groups excluding tert-OH is 1. The molecule has 1 fully saturated rings. The molecule has 1 aliphatic rings. The summed E-state index contributed by atoms with van der Waals surface area (Å²) >= 11 is 0. The second-order valence-corrected chi connectivity index (χ2v) is 7.56. The highest BCUT2D eigenvalue weighted by Crippen LogP contribution is 2.38. The fourth-order valence-corrected chi connectivity index (χ4v) is 4.67. The molecule has 100 valence electrons. The van der Waals surface area contributed by atoms with E-state index in [1.54, 1.807) is 24.3 Å². The van der Waals surface area contributed by atoms with Crippen LogP contribution in [0.2, 0.25) is 0 Å². The second kappa shape index (κ2) is 5.02. The summed E-state index contributed by atoms with van der Waals surface area (Å²) in [6, 6.07) is 6.91. The van der Waals surface area contributed by atoms with E-state index in [0.717, 1.165) is 24.8 Å². The number of hydrogen-bond donors (Lipinski definition) is 1. The number of benzene rings is 1. The smallest absolute Gasteiger partial charge is 0.186 e. The first-order valence-corrected chi connectivity index (χ1v) is 7.92. The Labute approximate surface area is 109 Å². The van der Waals surface area contributed by atoms with Gasteiger partial charge in [0.1, 0.15) is 0 Å². The Bertz CT molecular complexity index is 496. The summed E-state index contributed by atoms with van der Waals surface area (Å²) in [4.78, 5) is 0.337. The highest BCUT2D eigenvalue weighted by molar-refractivity contribution is 7.92. The van der Waals surface area contributed by atoms with Crippen molar-refractivity contribution in [1.82, 2.24) is 0 Å². The molecular weight excluding hydrogens is 248 g/mol. The third-order valence-electron chi connectivity index (χ3n) is 3.95. The van der Waals surface area contributed by atoms with E-state index in [9.17, 15) is 13.5 Å². The van der Waals surface area contributed by atoms with E-state index in [0.29, 0.717) is 17.7 Å². The van der Waals surface area contributed by atoms with E-state index >= 15 is 0 Å². The fraction of sp³-hybridized carbons (Fsp3) is 0.571. The molecule has 2 rings (SSSR count). The van der Waals surface area contributed by atoms with Gasteiger partial charge in [-0.05, 0) is 31.9 Å². The normalized spacial score (nSPS) is 19.7. The molecule has 0 saturated heterocycles. The molecule has 3 nitrogen and oxygen atoms in total. The summed E-state index contributed by atoms with van der Waals surface area (Å²) in [5.74, 6) is 0. The summed E-state index contributed by atoms with van der Waals surface area (Å²) in [6.07, 6.45) is 3.96. The lowest BCUT2D eigenvalue weighted by molar-refractivity contribution is 0.206. The number of hydrogen-bond acceptors (Lipinski definition) is 3. The Hall–Kier alpha value is -0.870. The molecule has 0 atom stereocenters. The lowest BCUT2D eigenvalue weighted by Gasteiger charge is -2.34. The Morgan fingerprint density at radius 1 is 1.11 bits per heavy atom. The van der Waals surface area contributed by atoms with Crippen LogP contribution in [0.3, 0.4) is 0 Å². The molecule has 0 heterocycles. The molecule has 0 aliphatic heterocycles. The highest BCUT2D eigenvalue weighted by Gasteiger charge is 2.44. The summed E-state index contributed by atoms with van der Waals surface area (Å²) in [5.41, 5.74) is 1.04. The molecule has 1 aliphatic carbocycles. The predicted octanol–water partition coefficient (Wildman–Crippen LogP) is 2.46. The summed E-state index contributed by atoms with van der Waals surface area (Å²) in [7, 11) is -3.44. The van der Waals surface area contributed by atoms with Crippen molar-refractivity contribution in [3.8, 4) is 0 Å². The zero-order valence-electron chi connectivity index (χ0n) is 10.7. The second-order valence-electron chi connectivity index (χ2n) is 5.22. The minimum Gasteiger partial charge on any atom is -0.395 e. The minimum absolute atomic E-state index is 0.275. The standard InChI is InChI=1S/C14H20O3S/c1-12-5-7-13(8-6-12)18(16,17)14(11-15)9-3-2-4-10-14/h5-8,15H,2-4,9-11H2,1H3. The van der Waals surface area contributed by atoms with Crippen LogP contribution in [0.4, 0.5) is 0 Å². The zero-order valence-corrected chi connectivity index (χ0v) is 11.5. The maximum atomic E-state index is 12.7. The van der Waals surface area contributed by atoms with Gasteiger partial charge in [-0.2, -0.15) is 0 Å². The van der Waals surface area contributed by atoms with Crippen LogP contribution in [-0.2, 0) is 9.84 Å². The largest absolute Gasteiger partial charge is 0.395 e. The van der Waals surface area contributed by atoms with E-state index < -0.39 is 14.6 Å². The Kier molecular flexibility index (Phi) is 3.78. The predicted molar refractivity (Wildman–Crippen MR) is 71.3 cm³/mol. The zero-order chi connectivity index (χ0) is 13.2. The molecule has 0 bridgehead atoms. The average Bonchev–Trinajstić information content (AvgIpc) is 2.40. The van der Waals surface area contributed by atoms with Crippen molar-refractivity contribution in [3.63, 3.8) is 0 Å². The van der Waals surface area contributed by atoms with Crippen LogP contribution >= 0.6 is 0 Å². The maximum Gasteiger partial charge on any atom is 0.186 e. The molecule has 0 spiro atoms. The molecule has 1 aromatic rings. The van der Waals surface area contributed by atoms with E-state index in [1.807, 2.05) is 6.92 Å². The van der Waals surface area contributed by atoms with Crippen molar-refractivity contribution < 1.29 is 13.5 Å². The summed E-state index contributed by atoms with van der Waals surface area (Å²) in [6.45, 7) is 1.65. The van der Waals surface area contributed by atoms with Gasteiger partial charge in [0.05, 0.1) is 16.2 Å². The van der Waals surface area contributed by atoms with Gasteiger partial charge < -0.3 is 5.11 Å². The molecule has 1 N–H and O–H groups in total. The van der Waals surface area contributed by atoms with Crippen molar-refractivity contribution in [2.75, 3.05) is 6.61 Å². The van der Waals surface area contributed by atoms with Crippen molar-refractivity contribution in [2.45, 2.75) is 48.7 Å². The van der Waals surface area contributed by atoms with Crippen LogP contribution in [0.15, 0.2) is 29.2 Å². The lowest BCUT2D eigenvalue weighted by Crippen LogP contribution is -2.44. The van der Waals surface area contributed by atoms with Gasteiger partial charge in [-0.3, -0.25) is 0 Å². The molecule has 4 heteroatoms. The monoisotopic (exact) mass is 268 g/mol. The number of sulfone groups is 1. The SMILES string of the molecule is Cc1ccc(S(=O)(=O)C2(CO)CCCCC2)cc1. The van der Waals surface area contributed by atoms with Crippen LogP contribution in [0.1, 0.15) is 37.7 Å². The molecule has 1 aromatic carbocycles. The van der Waals surface area contributed by atoms with Crippen LogP contribution in [0.5, 0.6) is 0 Å². The Morgan fingerprint density at radius 3 is 2.17 bits per heavy atom. The van der Waals surface area contributed by atoms with Crippen molar-refractivity contribution in [1.29, 1.82) is 0 Å². The number of rotatable bonds is 3. The molecule has 0 aromatic heterocycles. The first-order chi connectivity index (χ1) is 8.52. The van der Waals surface area contributed by atoms with Crippen molar-refractivity contribution in [2.24, 2.45) is 0 Å². The lowest BCUT2D eigenvalue weighted by atomic mass is 9.89. The van der Waals surface area contributed by atoms with Crippen molar-refractivity contribution >= 4 is 9.84 Å². The van der Waals surface area contributed by atoms with E-state index in [-0.39, 0.29) is 6.61 Å². The van der Waals surface area contributed by atoms with Crippen LogP contribution < -0.4 is 0 Å². The van der Waals surface area contributed by atoms with Gasteiger partial charge in [-0.1, -0.05) is 37.0 Å². The van der Waals surface area contributed by atoms with Gasteiger partial charge in [0.25, 0.3) is 0 Å². The first-order valence-electron chi connectivity index (χ1n) is 6.44.